The Morgan fingerprint density at radius 2 is 2.05 bits per heavy atom. The van der Waals surface area contributed by atoms with Crippen LogP contribution in [0, 0.1) is 0 Å². The van der Waals surface area contributed by atoms with Crippen molar-refractivity contribution in [3.05, 3.63) is 22.0 Å². The zero-order chi connectivity index (χ0) is 12.8. The Kier molecular flexibility index (Phi) is 2.88. The number of imidazole rings is 1. The molecule has 102 valence electrons. The molecule has 2 aromatic rings. The predicted octanol–water partition coefficient (Wildman–Crippen LogP) is 3.04. The molecule has 0 saturated heterocycles. The second-order valence-corrected chi connectivity index (χ2v) is 6.89. The second kappa shape index (κ2) is 4.60. The van der Waals surface area contributed by atoms with Crippen molar-refractivity contribution in [3.63, 3.8) is 0 Å². The fourth-order valence-electron chi connectivity index (χ4n) is 3.56. The third-order valence-electron chi connectivity index (χ3n) is 4.48. The summed E-state index contributed by atoms with van der Waals surface area (Å²) >= 11 is 1.94. The summed E-state index contributed by atoms with van der Waals surface area (Å²) in [5, 5.41) is 0. The van der Waals surface area contributed by atoms with Crippen molar-refractivity contribution >= 4 is 16.3 Å². The first-order valence-electron chi connectivity index (χ1n) is 7.60. The van der Waals surface area contributed by atoms with E-state index in [0.29, 0.717) is 0 Å². The lowest BCUT2D eigenvalue weighted by Crippen LogP contribution is -2.31. The van der Waals surface area contributed by atoms with Crippen LogP contribution in [0.3, 0.4) is 0 Å². The Hall–Kier alpha value is -0.870. The van der Waals surface area contributed by atoms with Crippen LogP contribution in [0.25, 0.3) is 4.96 Å². The summed E-state index contributed by atoms with van der Waals surface area (Å²) in [6, 6.07) is 0. The first kappa shape index (κ1) is 11.9. The van der Waals surface area contributed by atoms with Gasteiger partial charge in [-0.3, -0.25) is 9.30 Å². The minimum atomic E-state index is 1.10. The molecule has 0 fully saturated rings. The maximum absolute atomic E-state index is 4.91. The number of aromatic nitrogens is 2. The molecular weight excluding hydrogens is 254 g/mol. The number of nitrogens with zero attached hydrogens (tertiary/aromatic N) is 3. The summed E-state index contributed by atoms with van der Waals surface area (Å²) in [6.45, 7) is 5.79. The second-order valence-electron chi connectivity index (χ2n) is 5.83. The molecule has 0 bridgehead atoms. The van der Waals surface area contributed by atoms with Crippen LogP contribution in [0.1, 0.15) is 48.1 Å². The van der Waals surface area contributed by atoms with Crippen molar-refractivity contribution in [2.24, 2.45) is 0 Å². The third-order valence-corrected chi connectivity index (χ3v) is 5.62. The summed E-state index contributed by atoms with van der Waals surface area (Å²) in [6.07, 6.45) is 7.63. The van der Waals surface area contributed by atoms with E-state index in [4.69, 9.17) is 4.98 Å². The van der Waals surface area contributed by atoms with Crippen molar-refractivity contribution in [1.29, 1.82) is 0 Å². The van der Waals surface area contributed by atoms with Gasteiger partial charge in [0.1, 0.15) is 0 Å². The van der Waals surface area contributed by atoms with Crippen molar-refractivity contribution in [2.75, 3.05) is 13.1 Å². The molecule has 2 aromatic heterocycles. The van der Waals surface area contributed by atoms with E-state index in [-0.39, 0.29) is 0 Å². The molecule has 0 radical (unpaired) electrons. The van der Waals surface area contributed by atoms with Crippen LogP contribution in [0.5, 0.6) is 0 Å². The molecule has 1 aliphatic carbocycles. The topological polar surface area (TPSA) is 20.5 Å². The van der Waals surface area contributed by atoms with Gasteiger partial charge in [-0.15, -0.1) is 11.3 Å². The molecule has 3 nitrogen and oxygen atoms in total. The molecule has 0 N–H and O–H groups in total. The van der Waals surface area contributed by atoms with E-state index in [0.717, 1.165) is 13.0 Å². The molecule has 0 saturated carbocycles. The highest BCUT2D eigenvalue weighted by atomic mass is 32.1. The van der Waals surface area contributed by atoms with Gasteiger partial charge in [-0.25, -0.2) is 4.98 Å². The van der Waals surface area contributed by atoms with Crippen molar-refractivity contribution < 1.29 is 0 Å². The smallest absolute Gasteiger partial charge is 0.194 e. The Bertz CT molecular complexity index is 610. The lowest BCUT2D eigenvalue weighted by atomic mass is 10.0. The molecule has 0 unspecified atom stereocenters. The third kappa shape index (κ3) is 1.84. The summed E-state index contributed by atoms with van der Waals surface area (Å²) in [4.78, 5) is 10.4. The maximum atomic E-state index is 4.91. The van der Waals surface area contributed by atoms with Gasteiger partial charge in [-0.2, -0.15) is 0 Å². The quantitative estimate of drug-likeness (QED) is 0.840. The van der Waals surface area contributed by atoms with Crippen LogP contribution in [0.4, 0.5) is 0 Å². The number of rotatable bonds is 2. The van der Waals surface area contributed by atoms with E-state index in [1.807, 2.05) is 11.3 Å². The van der Waals surface area contributed by atoms with Gasteiger partial charge in [-0.1, -0.05) is 6.92 Å². The van der Waals surface area contributed by atoms with Crippen LogP contribution < -0.4 is 0 Å². The van der Waals surface area contributed by atoms with Crippen LogP contribution in [0.15, 0.2) is 0 Å². The zero-order valence-corrected chi connectivity index (χ0v) is 12.4. The normalized spacial score (nSPS) is 19.6. The average Bonchev–Trinajstić information content (AvgIpc) is 2.94. The molecule has 4 rings (SSSR count). The lowest BCUT2D eigenvalue weighted by Gasteiger charge is -2.26. The van der Waals surface area contributed by atoms with E-state index in [1.165, 1.54) is 61.5 Å². The minimum absolute atomic E-state index is 1.10. The largest absolute Gasteiger partial charge is 0.297 e. The summed E-state index contributed by atoms with van der Waals surface area (Å²) in [5.74, 6) is 0. The van der Waals surface area contributed by atoms with Gasteiger partial charge in [0.2, 0.25) is 0 Å². The van der Waals surface area contributed by atoms with Crippen LogP contribution in [0.2, 0.25) is 0 Å². The Morgan fingerprint density at radius 1 is 1.16 bits per heavy atom. The van der Waals surface area contributed by atoms with Gasteiger partial charge in [0.15, 0.2) is 4.96 Å². The summed E-state index contributed by atoms with van der Waals surface area (Å²) in [7, 11) is 0. The van der Waals surface area contributed by atoms with Gasteiger partial charge < -0.3 is 0 Å². The SMILES string of the molecule is CCCN1CCc2nc3sc4c(n3c2C1)CCCC4. The molecule has 0 aromatic carbocycles. The van der Waals surface area contributed by atoms with E-state index < -0.39 is 0 Å². The standard InChI is InChI=1S/C15H21N3S/c1-2-8-17-9-7-11-13(10-17)18-12-5-3-4-6-14(12)19-15(18)16-11/h2-10H2,1H3. The summed E-state index contributed by atoms with van der Waals surface area (Å²) in [5.41, 5.74) is 4.44. The zero-order valence-electron chi connectivity index (χ0n) is 11.6. The highest BCUT2D eigenvalue weighted by molar-refractivity contribution is 7.17. The summed E-state index contributed by atoms with van der Waals surface area (Å²) < 4.78 is 2.51. The maximum Gasteiger partial charge on any atom is 0.194 e. The van der Waals surface area contributed by atoms with Crippen LogP contribution >= 0.6 is 11.3 Å². The number of hydrogen-bond donors (Lipinski definition) is 0. The Morgan fingerprint density at radius 3 is 2.95 bits per heavy atom. The van der Waals surface area contributed by atoms with E-state index in [9.17, 15) is 0 Å². The molecule has 3 heterocycles. The number of fused-ring (bicyclic) bond motifs is 5. The van der Waals surface area contributed by atoms with Crippen molar-refractivity contribution in [2.45, 2.75) is 52.0 Å². The lowest BCUT2D eigenvalue weighted by molar-refractivity contribution is 0.249. The monoisotopic (exact) mass is 275 g/mol. The van der Waals surface area contributed by atoms with E-state index >= 15 is 0 Å². The van der Waals surface area contributed by atoms with Crippen LogP contribution in [-0.4, -0.2) is 27.4 Å². The average molecular weight is 275 g/mol. The highest BCUT2D eigenvalue weighted by Crippen LogP contribution is 2.33. The molecule has 0 atom stereocenters. The molecule has 19 heavy (non-hydrogen) atoms. The molecule has 2 aliphatic rings. The van der Waals surface area contributed by atoms with Crippen molar-refractivity contribution in [3.8, 4) is 0 Å². The van der Waals surface area contributed by atoms with E-state index in [2.05, 4.69) is 16.2 Å². The number of hydrogen-bond acceptors (Lipinski definition) is 3. The van der Waals surface area contributed by atoms with Gasteiger partial charge in [0.05, 0.1) is 11.4 Å². The minimum Gasteiger partial charge on any atom is -0.297 e. The number of thiazole rings is 1. The highest BCUT2D eigenvalue weighted by Gasteiger charge is 2.26. The predicted molar refractivity (Wildman–Crippen MR) is 79.0 cm³/mol. The first-order valence-corrected chi connectivity index (χ1v) is 8.41. The first-order chi connectivity index (χ1) is 9.36. The fraction of sp³-hybridized carbons (Fsp3) is 0.667. The Labute approximate surface area is 118 Å². The van der Waals surface area contributed by atoms with Crippen LogP contribution in [-0.2, 0) is 25.8 Å². The molecule has 0 spiro atoms. The van der Waals surface area contributed by atoms with Gasteiger partial charge in [0.25, 0.3) is 0 Å². The Balaban J connectivity index is 1.80. The molecular formula is C15H21N3S. The van der Waals surface area contributed by atoms with Crippen molar-refractivity contribution in [1.82, 2.24) is 14.3 Å². The number of aryl methyl sites for hydroxylation is 2. The molecule has 1 aliphatic heterocycles. The van der Waals surface area contributed by atoms with Gasteiger partial charge >= 0.3 is 0 Å². The van der Waals surface area contributed by atoms with Gasteiger partial charge in [-0.05, 0) is 38.6 Å². The van der Waals surface area contributed by atoms with Gasteiger partial charge in [0, 0.05) is 30.1 Å². The molecule has 4 heteroatoms. The van der Waals surface area contributed by atoms with E-state index in [1.54, 1.807) is 10.6 Å². The molecule has 0 amide bonds. The fourth-order valence-corrected chi connectivity index (χ4v) is 4.81.